The minimum Gasteiger partial charge on any atom is -0.497 e. The Morgan fingerprint density at radius 3 is 2.32 bits per heavy atom. The Morgan fingerprint density at radius 1 is 0.976 bits per heavy atom. The van der Waals surface area contributed by atoms with Crippen LogP contribution in [0.3, 0.4) is 0 Å². The number of carbonyl (C=O) groups excluding carboxylic acids is 3. The molecule has 0 radical (unpaired) electrons. The summed E-state index contributed by atoms with van der Waals surface area (Å²) in [7, 11) is 3.44. The maximum atomic E-state index is 15.0. The Labute approximate surface area is 239 Å². The number of ketones is 2. The zero-order valence-corrected chi connectivity index (χ0v) is 23.5. The normalized spacial score (nSPS) is 20.1. The van der Waals surface area contributed by atoms with Gasteiger partial charge in [0.25, 0.3) is 5.91 Å². The van der Waals surface area contributed by atoms with Crippen molar-refractivity contribution in [1.29, 1.82) is 0 Å². The Hall–Kier alpha value is -3.92. The van der Waals surface area contributed by atoms with Crippen LogP contribution in [-0.2, 0) is 13.6 Å². The van der Waals surface area contributed by atoms with Gasteiger partial charge in [-0.2, -0.15) is 5.10 Å². The van der Waals surface area contributed by atoms with Crippen LogP contribution in [0.5, 0.6) is 5.75 Å². The van der Waals surface area contributed by atoms with E-state index in [-0.39, 0.29) is 41.4 Å². The third kappa shape index (κ3) is 6.87. The third-order valence-electron chi connectivity index (χ3n) is 8.20. The van der Waals surface area contributed by atoms with Crippen LogP contribution in [-0.4, -0.2) is 81.5 Å². The summed E-state index contributed by atoms with van der Waals surface area (Å²) in [6.07, 6.45) is 5.94. The molecule has 2 aromatic heterocycles. The molecule has 2 aliphatic rings. The molecule has 1 unspecified atom stereocenters. The average Bonchev–Trinajstić information content (AvgIpc) is 3.42. The molecule has 41 heavy (non-hydrogen) atoms. The van der Waals surface area contributed by atoms with E-state index in [1.807, 2.05) is 13.2 Å². The van der Waals surface area contributed by atoms with Gasteiger partial charge in [0.05, 0.1) is 13.3 Å². The summed E-state index contributed by atoms with van der Waals surface area (Å²) in [5.74, 6) is -0.0769. The van der Waals surface area contributed by atoms with Gasteiger partial charge in [-0.15, -0.1) is 0 Å². The van der Waals surface area contributed by atoms with Crippen molar-refractivity contribution in [2.45, 2.75) is 38.4 Å². The molecular formula is C31H36FN5O4. The second-order valence-corrected chi connectivity index (χ2v) is 11.0. The first kappa shape index (κ1) is 28.6. The summed E-state index contributed by atoms with van der Waals surface area (Å²) < 4.78 is 21.8. The molecule has 4 heterocycles. The second kappa shape index (κ2) is 12.7. The monoisotopic (exact) mass is 561 g/mol. The lowest BCUT2D eigenvalue weighted by molar-refractivity contribution is 0.0644. The number of rotatable bonds is 9. The lowest BCUT2D eigenvalue weighted by atomic mass is 9.88. The van der Waals surface area contributed by atoms with Crippen LogP contribution in [0.25, 0.3) is 0 Å². The molecule has 2 saturated heterocycles. The fraction of sp³-hybridized carbons (Fsp3) is 0.452. The van der Waals surface area contributed by atoms with Gasteiger partial charge in [0.2, 0.25) is 0 Å². The molecule has 5 rings (SSSR count). The van der Waals surface area contributed by atoms with Crippen molar-refractivity contribution in [2.24, 2.45) is 18.9 Å². The second-order valence-electron chi connectivity index (χ2n) is 11.0. The highest BCUT2D eigenvalue weighted by molar-refractivity contribution is 5.99. The molecule has 0 saturated carbocycles. The van der Waals surface area contributed by atoms with E-state index in [0.717, 1.165) is 12.1 Å². The number of halogens is 1. The van der Waals surface area contributed by atoms with Crippen LogP contribution >= 0.6 is 0 Å². The van der Waals surface area contributed by atoms with E-state index in [1.54, 1.807) is 59.3 Å². The first-order chi connectivity index (χ1) is 19.8. The van der Waals surface area contributed by atoms with Gasteiger partial charge in [0.15, 0.2) is 11.6 Å². The molecule has 2 fully saturated rings. The molecule has 0 aliphatic carbocycles. The van der Waals surface area contributed by atoms with Crippen LogP contribution in [0.1, 0.15) is 62.5 Å². The number of amides is 1. The van der Waals surface area contributed by atoms with Crippen molar-refractivity contribution in [3.63, 3.8) is 0 Å². The molecular weight excluding hydrogens is 525 g/mol. The van der Waals surface area contributed by atoms with E-state index >= 15 is 0 Å². The standard InChI is InChI=1S/C31H36FN5O4/c1-35-18-21(16-34-35)19-36-12-9-24(27(32)20-36)15-29(38)25-5-8-28(33-17-25)31(40)37-13-10-23(11-14-37)30(39)22-3-6-26(41-2)7-4-22/h3-8,16-18,23-24,27H,9-15,19-20H2,1-2H3/t24?,27-/m1/s1. The number of nitrogens with zero attached hydrogens (tertiary/aromatic N) is 5. The topological polar surface area (TPSA) is 97.6 Å². The minimum atomic E-state index is -1.09. The largest absolute Gasteiger partial charge is 0.497 e. The van der Waals surface area contributed by atoms with E-state index in [0.29, 0.717) is 62.3 Å². The van der Waals surface area contributed by atoms with Crippen LogP contribution in [0, 0.1) is 11.8 Å². The average molecular weight is 562 g/mol. The molecule has 10 heteroatoms. The van der Waals surface area contributed by atoms with Crippen molar-refractivity contribution in [1.82, 2.24) is 24.6 Å². The highest BCUT2D eigenvalue weighted by Crippen LogP contribution is 2.27. The highest BCUT2D eigenvalue weighted by atomic mass is 19.1. The molecule has 0 N–H and O–H groups in total. The summed E-state index contributed by atoms with van der Waals surface area (Å²) in [4.78, 5) is 46.9. The number of carbonyl (C=O) groups is 3. The summed E-state index contributed by atoms with van der Waals surface area (Å²) in [5.41, 5.74) is 2.33. The number of aromatic nitrogens is 3. The zero-order chi connectivity index (χ0) is 28.9. The fourth-order valence-electron chi connectivity index (χ4n) is 5.74. The zero-order valence-electron chi connectivity index (χ0n) is 23.5. The number of ether oxygens (including phenoxy) is 1. The van der Waals surface area contributed by atoms with Gasteiger partial charge < -0.3 is 9.64 Å². The fourth-order valence-corrected chi connectivity index (χ4v) is 5.74. The maximum Gasteiger partial charge on any atom is 0.272 e. The highest BCUT2D eigenvalue weighted by Gasteiger charge is 2.32. The molecule has 9 nitrogen and oxygen atoms in total. The van der Waals surface area contributed by atoms with Crippen LogP contribution in [0.4, 0.5) is 4.39 Å². The molecule has 3 aromatic rings. The van der Waals surface area contributed by atoms with Gasteiger partial charge >= 0.3 is 0 Å². The van der Waals surface area contributed by atoms with Crippen molar-refractivity contribution in [3.05, 3.63) is 77.4 Å². The quantitative estimate of drug-likeness (QED) is 0.365. The number of Topliss-reactive ketones (excluding diaryl/α,β-unsaturated/α-hetero) is 2. The SMILES string of the molecule is COc1ccc(C(=O)C2CCN(C(=O)c3ccc(C(=O)CC4CCN(Cc5cnn(C)c5)C[C@H]4F)cn3)CC2)cc1. The van der Waals surface area contributed by atoms with Crippen LogP contribution in [0.15, 0.2) is 55.0 Å². The summed E-state index contributed by atoms with van der Waals surface area (Å²) >= 11 is 0. The van der Waals surface area contributed by atoms with E-state index in [1.165, 1.54) is 6.20 Å². The van der Waals surface area contributed by atoms with Gasteiger partial charge in [-0.25, -0.2) is 4.39 Å². The van der Waals surface area contributed by atoms with Crippen LogP contribution < -0.4 is 4.74 Å². The Bertz CT molecular complexity index is 1370. The molecule has 2 atom stereocenters. The number of benzene rings is 1. The van der Waals surface area contributed by atoms with E-state index in [9.17, 15) is 18.8 Å². The van der Waals surface area contributed by atoms with Gasteiger partial charge in [-0.3, -0.25) is 28.9 Å². The minimum absolute atomic E-state index is 0.0791. The summed E-state index contributed by atoms with van der Waals surface area (Å²) in [6, 6.07) is 10.3. The van der Waals surface area contributed by atoms with Gasteiger partial charge in [-0.05, 0) is 68.1 Å². The number of aryl methyl sites for hydroxylation is 1. The molecule has 0 spiro atoms. The van der Waals surface area contributed by atoms with Crippen molar-refractivity contribution in [3.8, 4) is 5.75 Å². The number of hydrogen-bond donors (Lipinski definition) is 0. The number of piperidine rings is 2. The number of pyridine rings is 1. The Balaban J connectivity index is 1.09. The van der Waals surface area contributed by atoms with E-state index in [2.05, 4.69) is 15.0 Å². The Morgan fingerprint density at radius 2 is 1.71 bits per heavy atom. The number of alkyl halides is 1. The van der Waals surface area contributed by atoms with Gasteiger partial charge in [0.1, 0.15) is 17.6 Å². The van der Waals surface area contributed by atoms with Crippen LogP contribution in [0.2, 0.25) is 0 Å². The first-order valence-electron chi connectivity index (χ1n) is 14.1. The molecule has 1 aromatic carbocycles. The third-order valence-corrected chi connectivity index (χ3v) is 8.20. The van der Waals surface area contributed by atoms with Crippen molar-refractivity contribution < 1.29 is 23.5 Å². The molecule has 1 amide bonds. The number of hydrogen-bond acceptors (Lipinski definition) is 7. The van der Waals surface area contributed by atoms with Gasteiger partial charge in [-0.1, -0.05) is 0 Å². The molecule has 216 valence electrons. The van der Waals surface area contributed by atoms with E-state index in [4.69, 9.17) is 4.74 Å². The van der Waals surface area contributed by atoms with Crippen molar-refractivity contribution in [2.75, 3.05) is 33.3 Å². The Kier molecular flexibility index (Phi) is 8.87. The maximum absolute atomic E-state index is 15.0. The lowest BCUT2D eigenvalue weighted by Crippen LogP contribution is -2.42. The predicted molar refractivity (Wildman–Crippen MR) is 151 cm³/mol. The molecule has 0 bridgehead atoms. The summed E-state index contributed by atoms with van der Waals surface area (Å²) in [6.45, 7) is 2.59. The first-order valence-corrected chi connectivity index (χ1v) is 14.1. The number of likely N-dealkylation sites (tertiary alicyclic amines) is 2. The smallest absolute Gasteiger partial charge is 0.272 e. The predicted octanol–water partition coefficient (Wildman–Crippen LogP) is 3.99. The summed E-state index contributed by atoms with van der Waals surface area (Å²) in [5, 5.41) is 4.16. The van der Waals surface area contributed by atoms with E-state index < -0.39 is 6.17 Å². The van der Waals surface area contributed by atoms with Gasteiger partial charge in [0, 0.05) is 74.6 Å². The lowest BCUT2D eigenvalue weighted by Gasteiger charge is -2.34. The number of methoxy groups -OCH3 is 1. The molecule has 2 aliphatic heterocycles. The van der Waals surface area contributed by atoms with Crippen molar-refractivity contribution >= 4 is 17.5 Å².